The molecule has 0 bridgehead atoms. The average Bonchev–Trinajstić information content (AvgIpc) is 3.52. The molecule has 2 atom stereocenters. The van der Waals surface area contributed by atoms with E-state index in [1.54, 1.807) is 10.8 Å². The summed E-state index contributed by atoms with van der Waals surface area (Å²) in [4.78, 5) is 40.5. The monoisotopic (exact) mass is 515 g/mol. The highest BCUT2D eigenvalue weighted by Crippen LogP contribution is 2.47. The molecule has 1 aliphatic carbocycles. The largest absolute Gasteiger partial charge is 0.348 e. The third-order valence-corrected chi connectivity index (χ3v) is 8.69. The molecule has 4 heterocycles. The fourth-order valence-electron chi connectivity index (χ4n) is 6.30. The molecule has 2 aliphatic heterocycles. The molecule has 1 saturated carbocycles. The fourth-order valence-corrected chi connectivity index (χ4v) is 6.30. The first-order chi connectivity index (χ1) is 18.4. The SMILES string of the molecule is C=CC(=O)N1CCC2(C1)CN(C(CC1CC1)c1ccc([C@H](C)Nc3ncc4[nH]c(=O)n(CC)c4n3)cc1)C2. The van der Waals surface area contributed by atoms with Gasteiger partial charge >= 0.3 is 5.69 Å². The number of imidazole rings is 1. The van der Waals surface area contributed by atoms with Crippen molar-refractivity contribution < 1.29 is 4.79 Å². The molecule has 0 radical (unpaired) electrons. The molecule has 38 heavy (non-hydrogen) atoms. The Morgan fingerprint density at radius 1 is 1.24 bits per heavy atom. The predicted octanol–water partition coefficient (Wildman–Crippen LogP) is 3.87. The molecule has 1 unspecified atom stereocenters. The topological polar surface area (TPSA) is 99.2 Å². The zero-order valence-electron chi connectivity index (χ0n) is 22.3. The summed E-state index contributed by atoms with van der Waals surface area (Å²) in [5.41, 5.74) is 3.89. The Balaban J connectivity index is 1.13. The second kappa shape index (κ2) is 9.69. The van der Waals surface area contributed by atoms with E-state index in [-0.39, 0.29) is 23.1 Å². The van der Waals surface area contributed by atoms with Crippen molar-refractivity contribution in [2.75, 3.05) is 31.5 Å². The van der Waals surface area contributed by atoms with E-state index in [0.717, 1.165) is 38.5 Å². The number of hydrogen-bond donors (Lipinski definition) is 2. The highest BCUT2D eigenvalue weighted by atomic mass is 16.2. The zero-order valence-corrected chi connectivity index (χ0v) is 22.3. The number of amides is 1. The molecule has 9 heteroatoms. The predicted molar refractivity (Wildman–Crippen MR) is 148 cm³/mol. The molecule has 200 valence electrons. The van der Waals surface area contributed by atoms with Crippen LogP contribution in [0.1, 0.15) is 62.7 Å². The van der Waals surface area contributed by atoms with Gasteiger partial charge in [0.15, 0.2) is 5.65 Å². The summed E-state index contributed by atoms with van der Waals surface area (Å²) in [7, 11) is 0. The van der Waals surface area contributed by atoms with Crippen molar-refractivity contribution in [3.63, 3.8) is 0 Å². The van der Waals surface area contributed by atoms with Crippen LogP contribution in [0.15, 0.2) is 47.9 Å². The van der Waals surface area contributed by atoms with Gasteiger partial charge in [0.25, 0.3) is 0 Å². The Bertz CT molecular complexity index is 1400. The molecule has 1 amide bonds. The fraction of sp³-hybridized carbons (Fsp3) is 0.517. The van der Waals surface area contributed by atoms with Gasteiger partial charge in [0.05, 0.1) is 12.2 Å². The van der Waals surface area contributed by atoms with Crippen LogP contribution in [-0.2, 0) is 11.3 Å². The van der Waals surface area contributed by atoms with Crippen molar-refractivity contribution in [2.45, 2.75) is 58.2 Å². The van der Waals surface area contributed by atoms with Crippen LogP contribution in [0, 0.1) is 11.3 Å². The van der Waals surface area contributed by atoms with Crippen LogP contribution >= 0.6 is 0 Å². The Labute approximate surface area is 223 Å². The van der Waals surface area contributed by atoms with Crippen molar-refractivity contribution in [2.24, 2.45) is 11.3 Å². The van der Waals surface area contributed by atoms with E-state index in [2.05, 4.69) is 62.9 Å². The molecular weight excluding hydrogens is 478 g/mol. The van der Waals surface area contributed by atoms with Crippen molar-refractivity contribution in [1.82, 2.24) is 29.3 Å². The van der Waals surface area contributed by atoms with E-state index in [1.807, 2.05) is 11.8 Å². The van der Waals surface area contributed by atoms with Crippen LogP contribution in [0.25, 0.3) is 11.2 Å². The van der Waals surface area contributed by atoms with E-state index in [0.29, 0.717) is 29.7 Å². The minimum Gasteiger partial charge on any atom is -0.348 e. The molecule has 2 aromatic heterocycles. The summed E-state index contributed by atoms with van der Waals surface area (Å²) in [6.45, 7) is 12.1. The van der Waals surface area contributed by atoms with Gasteiger partial charge in [-0.3, -0.25) is 14.3 Å². The van der Waals surface area contributed by atoms with E-state index in [4.69, 9.17) is 0 Å². The molecule has 3 fully saturated rings. The number of rotatable bonds is 9. The van der Waals surface area contributed by atoms with E-state index in [9.17, 15) is 9.59 Å². The number of likely N-dealkylation sites (tertiary alicyclic amines) is 2. The summed E-state index contributed by atoms with van der Waals surface area (Å²) in [5, 5.41) is 3.40. The number of aryl methyl sites for hydroxylation is 1. The minimum absolute atomic E-state index is 0.0169. The maximum absolute atomic E-state index is 12.1. The molecule has 9 nitrogen and oxygen atoms in total. The van der Waals surface area contributed by atoms with E-state index < -0.39 is 0 Å². The number of carbonyl (C=O) groups is 1. The van der Waals surface area contributed by atoms with Gasteiger partial charge in [-0.05, 0) is 49.8 Å². The maximum atomic E-state index is 12.1. The lowest BCUT2D eigenvalue weighted by Gasteiger charge is -2.52. The maximum Gasteiger partial charge on any atom is 0.327 e. The first-order valence-corrected chi connectivity index (χ1v) is 13.9. The lowest BCUT2D eigenvalue weighted by Crippen LogP contribution is -2.58. The normalized spacial score (nSPS) is 20.4. The quantitative estimate of drug-likeness (QED) is 0.420. The number of hydrogen-bond acceptors (Lipinski definition) is 6. The van der Waals surface area contributed by atoms with Gasteiger partial charge < -0.3 is 15.2 Å². The molecule has 6 rings (SSSR count). The van der Waals surface area contributed by atoms with Gasteiger partial charge in [-0.15, -0.1) is 0 Å². The molecule has 2 saturated heterocycles. The van der Waals surface area contributed by atoms with Crippen LogP contribution in [0.2, 0.25) is 0 Å². The Morgan fingerprint density at radius 3 is 2.66 bits per heavy atom. The van der Waals surface area contributed by atoms with Gasteiger partial charge in [-0.25, -0.2) is 9.78 Å². The Morgan fingerprint density at radius 2 is 1.97 bits per heavy atom. The van der Waals surface area contributed by atoms with Crippen LogP contribution < -0.4 is 11.0 Å². The number of carbonyl (C=O) groups excluding carboxylic acids is 1. The molecular formula is C29H37N7O2. The third-order valence-electron chi connectivity index (χ3n) is 8.69. The standard InChI is InChI=1S/C29H37N7O2/c1-4-25(37)34-13-12-29(16-34)17-35(18-29)24(14-20-6-7-20)22-10-8-21(9-11-22)19(3)31-27-30-15-23-26(33-27)36(5-2)28(38)32-23/h4,8-11,15,19-20,24H,1,5-7,12-14,16-18H2,2-3H3,(H,32,38)(H,30,31,33)/t19-,24?/m0/s1. The van der Waals surface area contributed by atoms with Gasteiger partial charge in [0.1, 0.15) is 5.52 Å². The van der Waals surface area contributed by atoms with Crippen LogP contribution in [0.3, 0.4) is 0 Å². The number of nitrogens with zero attached hydrogens (tertiary/aromatic N) is 5. The third kappa shape index (κ3) is 4.64. The second-order valence-corrected chi connectivity index (χ2v) is 11.5. The molecule has 1 aromatic carbocycles. The summed E-state index contributed by atoms with van der Waals surface area (Å²) in [6.07, 6.45) is 8.08. The van der Waals surface area contributed by atoms with Crippen LogP contribution in [-0.4, -0.2) is 61.4 Å². The number of fused-ring (bicyclic) bond motifs is 1. The first kappa shape index (κ1) is 24.9. The van der Waals surface area contributed by atoms with Gasteiger partial charge in [0, 0.05) is 44.2 Å². The van der Waals surface area contributed by atoms with Gasteiger partial charge in [0.2, 0.25) is 11.9 Å². The van der Waals surface area contributed by atoms with Crippen molar-refractivity contribution >= 4 is 23.0 Å². The van der Waals surface area contributed by atoms with Gasteiger partial charge in [-0.2, -0.15) is 4.98 Å². The van der Waals surface area contributed by atoms with Crippen LogP contribution in [0.4, 0.5) is 5.95 Å². The highest BCUT2D eigenvalue weighted by Gasteiger charge is 2.50. The summed E-state index contributed by atoms with van der Waals surface area (Å²) in [5.74, 6) is 1.40. The van der Waals surface area contributed by atoms with Crippen molar-refractivity contribution in [1.29, 1.82) is 0 Å². The summed E-state index contributed by atoms with van der Waals surface area (Å²) < 4.78 is 1.61. The number of aromatic nitrogens is 4. The summed E-state index contributed by atoms with van der Waals surface area (Å²) in [6, 6.07) is 9.42. The van der Waals surface area contributed by atoms with Crippen molar-refractivity contribution in [3.8, 4) is 0 Å². The van der Waals surface area contributed by atoms with Gasteiger partial charge in [-0.1, -0.05) is 43.7 Å². The second-order valence-electron chi connectivity index (χ2n) is 11.5. The molecule has 3 aliphatic rings. The average molecular weight is 516 g/mol. The summed E-state index contributed by atoms with van der Waals surface area (Å²) >= 11 is 0. The Hall–Kier alpha value is -3.46. The zero-order chi connectivity index (χ0) is 26.4. The highest BCUT2D eigenvalue weighted by molar-refractivity contribution is 5.87. The smallest absolute Gasteiger partial charge is 0.327 e. The van der Waals surface area contributed by atoms with Crippen LogP contribution in [0.5, 0.6) is 0 Å². The van der Waals surface area contributed by atoms with Crippen molar-refractivity contribution in [3.05, 3.63) is 64.7 Å². The minimum atomic E-state index is -0.165. The molecule has 3 aromatic rings. The number of benzene rings is 1. The lowest BCUT2D eigenvalue weighted by atomic mass is 9.77. The van der Waals surface area contributed by atoms with E-state index in [1.165, 1.54) is 36.5 Å². The number of H-pyrrole nitrogens is 1. The Kier molecular flexibility index (Phi) is 6.34. The number of anilines is 1. The lowest BCUT2D eigenvalue weighted by molar-refractivity contribution is -0.126. The number of nitrogens with one attached hydrogen (secondary N) is 2. The molecule has 1 spiro atoms. The number of aromatic amines is 1. The first-order valence-electron chi connectivity index (χ1n) is 13.9. The molecule has 2 N–H and O–H groups in total. The van der Waals surface area contributed by atoms with E-state index >= 15 is 0 Å².